The molecule has 2 aromatic rings. The molecule has 0 aliphatic carbocycles. The summed E-state index contributed by atoms with van der Waals surface area (Å²) in [7, 11) is 3.96. The van der Waals surface area contributed by atoms with E-state index in [1.807, 2.05) is 31.4 Å². The van der Waals surface area contributed by atoms with Crippen LogP contribution in [0.2, 0.25) is 0 Å². The Balaban J connectivity index is 1.80. The average molecular weight is 372 g/mol. The maximum atomic E-state index is 12.8. The number of aryl methyl sites for hydroxylation is 1. The van der Waals surface area contributed by atoms with Crippen LogP contribution >= 0.6 is 35.2 Å². The first-order chi connectivity index (χ1) is 10.9. The van der Waals surface area contributed by atoms with Crippen LogP contribution in [0.3, 0.4) is 0 Å². The Morgan fingerprint density at radius 2 is 2.00 bits per heavy atom. The van der Waals surface area contributed by atoms with E-state index in [1.165, 1.54) is 24.1 Å². The molecule has 0 aliphatic heterocycles. The van der Waals surface area contributed by atoms with Gasteiger partial charge >= 0.3 is 0 Å². The van der Waals surface area contributed by atoms with E-state index < -0.39 is 0 Å². The van der Waals surface area contributed by atoms with Gasteiger partial charge in [0.25, 0.3) is 0 Å². The predicted octanol–water partition coefficient (Wildman–Crippen LogP) is 4.00. The van der Waals surface area contributed by atoms with E-state index in [9.17, 15) is 9.18 Å². The van der Waals surface area contributed by atoms with Gasteiger partial charge in [0.05, 0.1) is 16.4 Å². The molecule has 2 N–H and O–H groups in total. The number of hydrogen-bond donors (Lipinski definition) is 2. The lowest BCUT2D eigenvalue weighted by atomic mass is 10.4. The van der Waals surface area contributed by atoms with Crippen molar-refractivity contribution in [2.75, 3.05) is 26.0 Å². The van der Waals surface area contributed by atoms with Crippen molar-refractivity contribution < 1.29 is 9.18 Å². The largest absolute Gasteiger partial charge is 0.324 e. The molecule has 1 aromatic carbocycles. The summed E-state index contributed by atoms with van der Waals surface area (Å²) in [4.78, 5) is 13.9. The van der Waals surface area contributed by atoms with Crippen molar-refractivity contribution in [2.24, 2.45) is 0 Å². The molecular weight excluding hydrogens is 353 g/mol. The number of halogens is 1. The van der Waals surface area contributed by atoms with Gasteiger partial charge in [0.1, 0.15) is 5.82 Å². The Morgan fingerprint density at radius 1 is 1.30 bits per heavy atom. The number of nitrogens with one attached hydrogen (secondary N) is 2. The fourth-order valence-electron chi connectivity index (χ4n) is 1.69. The van der Waals surface area contributed by atoms with E-state index in [0.29, 0.717) is 0 Å². The summed E-state index contributed by atoms with van der Waals surface area (Å²) in [5.41, 5.74) is 0.845. The third-order valence-corrected chi connectivity index (χ3v) is 5.46. The highest BCUT2D eigenvalue weighted by Crippen LogP contribution is 2.34. The Kier molecular flexibility index (Phi) is 6.91. The average Bonchev–Trinajstić information content (AvgIpc) is 2.80. The topological polar surface area (TPSA) is 44.4 Å². The molecule has 0 aliphatic rings. The van der Waals surface area contributed by atoms with E-state index in [1.54, 1.807) is 35.4 Å². The number of rotatable bonds is 7. The molecule has 0 saturated heterocycles. The minimum Gasteiger partial charge on any atom is -0.324 e. The molecule has 0 fully saturated rings. The summed E-state index contributed by atoms with van der Waals surface area (Å²) in [6, 6.07) is 8.10. The van der Waals surface area contributed by atoms with Gasteiger partial charge in [0.2, 0.25) is 5.91 Å². The van der Waals surface area contributed by atoms with Gasteiger partial charge in [0.15, 0.2) is 0 Å². The monoisotopic (exact) mass is 371 g/mol. The van der Waals surface area contributed by atoms with Crippen LogP contribution in [0.5, 0.6) is 0 Å². The fourth-order valence-corrected chi connectivity index (χ4v) is 4.53. The smallest absolute Gasteiger partial charge is 0.239 e. The van der Waals surface area contributed by atoms with Crippen LogP contribution in [0.25, 0.3) is 0 Å². The third-order valence-electron chi connectivity index (χ3n) is 2.68. The second-order valence-corrected chi connectivity index (χ2v) is 8.70. The van der Waals surface area contributed by atoms with Crippen molar-refractivity contribution in [3.63, 3.8) is 0 Å². The summed E-state index contributed by atoms with van der Waals surface area (Å²) < 4.78 is 18.9. The number of carbonyl (C=O) groups excluding carboxylic acids is 1. The zero-order valence-corrected chi connectivity index (χ0v) is 15.5. The molecule has 1 aromatic heterocycles. The quantitative estimate of drug-likeness (QED) is 0.720. The third kappa shape index (κ3) is 6.15. The SMILES string of the molecule is Cc1sc(SN(C)C)cc1NC(=O)CNSc1ccc(F)cc1. The van der Waals surface area contributed by atoms with E-state index in [-0.39, 0.29) is 18.3 Å². The summed E-state index contributed by atoms with van der Waals surface area (Å²) in [6.45, 7) is 2.16. The molecule has 0 atom stereocenters. The van der Waals surface area contributed by atoms with Crippen LogP contribution in [-0.4, -0.2) is 30.9 Å². The second kappa shape index (κ2) is 8.70. The molecule has 0 spiro atoms. The van der Waals surface area contributed by atoms with Crippen LogP contribution in [0.1, 0.15) is 4.88 Å². The van der Waals surface area contributed by atoms with E-state index in [2.05, 4.69) is 10.0 Å². The van der Waals surface area contributed by atoms with Gasteiger partial charge < -0.3 is 5.32 Å². The van der Waals surface area contributed by atoms with E-state index >= 15 is 0 Å². The number of hydrogen-bond acceptors (Lipinski definition) is 6. The predicted molar refractivity (Wildman–Crippen MR) is 97.5 cm³/mol. The normalized spacial score (nSPS) is 11.0. The minimum atomic E-state index is -0.272. The van der Waals surface area contributed by atoms with Gasteiger partial charge in [-0.15, -0.1) is 11.3 Å². The molecule has 23 heavy (non-hydrogen) atoms. The van der Waals surface area contributed by atoms with Crippen LogP contribution < -0.4 is 10.0 Å². The fraction of sp³-hybridized carbons (Fsp3) is 0.267. The molecule has 124 valence electrons. The zero-order chi connectivity index (χ0) is 16.8. The van der Waals surface area contributed by atoms with Crippen molar-refractivity contribution in [3.8, 4) is 0 Å². The van der Waals surface area contributed by atoms with Gasteiger partial charge in [-0.05, 0) is 75.2 Å². The van der Waals surface area contributed by atoms with Crippen molar-refractivity contribution in [2.45, 2.75) is 16.0 Å². The van der Waals surface area contributed by atoms with E-state index in [4.69, 9.17) is 0 Å². The van der Waals surface area contributed by atoms with Crippen LogP contribution in [0.15, 0.2) is 39.4 Å². The minimum absolute atomic E-state index is 0.109. The van der Waals surface area contributed by atoms with Gasteiger partial charge in [-0.2, -0.15) is 0 Å². The van der Waals surface area contributed by atoms with Gasteiger partial charge in [-0.25, -0.2) is 4.39 Å². The van der Waals surface area contributed by atoms with Crippen molar-refractivity contribution >= 4 is 46.8 Å². The molecular formula is C15H18FN3OS3. The van der Waals surface area contributed by atoms with Crippen LogP contribution in [0, 0.1) is 12.7 Å². The summed E-state index contributed by atoms with van der Waals surface area (Å²) in [5, 5.41) is 2.90. The number of carbonyl (C=O) groups is 1. The molecule has 8 heteroatoms. The lowest BCUT2D eigenvalue weighted by Crippen LogP contribution is -2.23. The number of nitrogens with zero attached hydrogens (tertiary/aromatic N) is 1. The lowest BCUT2D eigenvalue weighted by Gasteiger charge is -2.06. The van der Waals surface area contributed by atoms with Crippen LogP contribution in [-0.2, 0) is 4.79 Å². The number of amides is 1. The Bertz CT molecular complexity index is 658. The first kappa shape index (κ1) is 18.3. The molecule has 2 rings (SSSR count). The standard InChI is InChI=1S/C15H18FN3OS3/c1-10-13(8-15(21-10)23-19(2)3)18-14(20)9-17-22-12-6-4-11(16)5-7-12/h4-8,17H,9H2,1-3H3,(H,18,20). The van der Waals surface area contributed by atoms with Gasteiger partial charge in [0, 0.05) is 9.77 Å². The lowest BCUT2D eigenvalue weighted by molar-refractivity contribution is -0.115. The molecule has 0 bridgehead atoms. The van der Waals surface area contributed by atoms with Crippen molar-refractivity contribution in [1.82, 2.24) is 9.03 Å². The van der Waals surface area contributed by atoms with E-state index in [0.717, 1.165) is 19.7 Å². The summed E-state index contributed by atoms with van der Waals surface area (Å²) in [5.74, 6) is -0.381. The zero-order valence-electron chi connectivity index (χ0n) is 13.1. The van der Waals surface area contributed by atoms with Crippen LogP contribution in [0.4, 0.5) is 10.1 Å². The molecule has 0 unspecified atom stereocenters. The maximum Gasteiger partial charge on any atom is 0.239 e. The first-order valence-corrected chi connectivity index (χ1v) is 9.25. The molecule has 1 amide bonds. The highest BCUT2D eigenvalue weighted by Gasteiger charge is 2.10. The van der Waals surface area contributed by atoms with Gasteiger partial charge in [-0.3, -0.25) is 13.8 Å². The highest BCUT2D eigenvalue weighted by molar-refractivity contribution is 7.99. The summed E-state index contributed by atoms with van der Waals surface area (Å²) in [6.07, 6.45) is 0. The molecule has 0 radical (unpaired) electrons. The highest BCUT2D eigenvalue weighted by atomic mass is 32.2. The Labute approximate surface area is 148 Å². The Morgan fingerprint density at radius 3 is 2.65 bits per heavy atom. The summed E-state index contributed by atoms with van der Waals surface area (Å²) >= 11 is 4.58. The van der Waals surface area contributed by atoms with Gasteiger partial charge in [-0.1, -0.05) is 0 Å². The molecule has 1 heterocycles. The van der Waals surface area contributed by atoms with Crippen molar-refractivity contribution in [1.29, 1.82) is 0 Å². The number of anilines is 1. The maximum absolute atomic E-state index is 12.8. The number of benzene rings is 1. The second-order valence-electron chi connectivity index (χ2n) is 4.86. The Hall–Kier alpha value is -1.06. The molecule has 0 saturated carbocycles. The number of thiophene rings is 1. The molecule has 4 nitrogen and oxygen atoms in total. The van der Waals surface area contributed by atoms with Crippen molar-refractivity contribution in [3.05, 3.63) is 41.0 Å². The first-order valence-electron chi connectivity index (χ1n) is 6.85.